The number of aromatic nitrogens is 4. The van der Waals surface area contributed by atoms with E-state index in [9.17, 15) is 9.36 Å². The van der Waals surface area contributed by atoms with Gasteiger partial charge in [-0.3, -0.25) is 9.36 Å². The first-order valence-electron chi connectivity index (χ1n) is 20.0. The molecule has 51 heavy (non-hydrogen) atoms. The predicted octanol–water partition coefficient (Wildman–Crippen LogP) is 9.22. The van der Waals surface area contributed by atoms with E-state index in [1.54, 1.807) is 13.3 Å². The van der Waals surface area contributed by atoms with Crippen LogP contribution in [0.4, 0.5) is 5.82 Å². The van der Waals surface area contributed by atoms with E-state index in [2.05, 4.69) is 40.8 Å². The molecule has 3 N–H and O–H groups in total. The maximum Gasteiger partial charge on any atom is 0.323 e. The number of carbonyl (C=O) groups excluding carboxylic acids is 1. The van der Waals surface area contributed by atoms with Gasteiger partial charge in [-0.25, -0.2) is 20.0 Å². The molecule has 0 saturated carbocycles. The third-order valence-electron chi connectivity index (χ3n) is 9.17. The zero-order valence-corrected chi connectivity index (χ0v) is 33.5. The summed E-state index contributed by atoms with van der Waals surface area (Å²) in [6, 6.07) is -0.829. The SMILES string of the molecule is CCCCCCCCCCCCCCCCOCCCOP(=O)(CO[C@H](C)Cn1cnc2c(N)ncnc21)N[C@@H](C)C(=O)OCCC(C)CCC. The minimum Gasteiger partial charge on any atom is -0.465 e. The maximum atomic E-state index is 14.0. The molecule has 0 aliphatic rings. The van der Waals surface area contributed by atoms with E-state index in [-0.39, 0.29) is 19.1 Å². The fourth-order valence-corrected chi connectivity index (χ4v) is 7.84. The molecule has 2 heterocycles. The standard InChI is InChI=1S/C38H71N6O6P/c1-6-8-9-10-11-12-13-14-15-16-17-18-19-20-24-47-25-21-26-50-51(46,43-34(5)38(45)48-27-23-32(3)22-7-2)31-49-33(4)28-44-30-42-35-36(39)40-29-41-37(35)44/h29-30,32-34H,6-28,31H2,1-5H3,(H,43,46)(H2,39,40,41)/t32?,33-,34+,51?/m1/s1. The van der Waals surface area contributed by atoms with Gasteiger partial charge in [-0.15, -0.1) is 0 Å². The Balaban J connectivity index is 1.70. The smallest absolute Gasteiger partial charge is 0.323 e. The molecule has 2 aromatic heterocycles. The van der Waals surface area contributed by atoms with Crippen LogP contribution in [0, 0.1) is 5.92 Å². The van der Waals surface area contributed by atoms with Crippen molar-refractivity contribution in [2.45, 2.75) is 169 Å². The number of hydrogen-bond donors (Lipinski definition) is 2. The lowest BCUT2D eigenvalue weighted by molar-refractivity contribution is -0.145. The first-order chi connectivity index (χ1) is 24.7. The lowest BCUT2D eigenvalue weighted by Gasteiger charge is -2.25. The summed E-state index contributed by atoms with van der Waals surface area (Å²) in [6.07, 6.45) is 24.6. The van der Waals surface area contributed by atoms with Crippen molar-refractivity contribution in [2.24, 2.45) is 5.92 Å². The van der Waals surface area contributed by atoms with Crippen molar-refractivity contribution in [1.29, 1.82) is 0 Å². The lowest BCUT2D eigenvalue weighted by Crippen LogP contribution is -2.35. The summed E-state index contributed by atoms with van der Waals surface area (Å²) in [5.74, 6) is 0.315. The molecule has 2 aromatic rings. The normalized spacial score (nSPS) is 14.8. The van der Waals surface area contributed by atoms with Crippen molar-refractivity contribution < 1.29 is 28.1 Å². The van der Waals surface area contributed by atoms with Gasteiger partial charge in [-0.2, -0.15) is 0 Å². The van der Waals surface area contributed by atoms with Gasteiger partial charge in [0.15, 0.2) is 11.5 Å². The molecule has 0 amide bonds. The Bertz CT molecular complexity index is 1230. The number of nitrogens with one attached hydrogen (secondary N) is 1. The number of fused-ring (bicyclic) bond motifs is 1. The summed E-state index contributed by atoms with van der Waals surface area (Å²) in [5, 5.41) is 2.90. The molecule has 0 fully saturated rings. The van der Waals surface area contributed by atoms with Crippen LogP contribution in [0.1, 0.15) is 150 Å². The molecule has 0 aliphatic heterocycles. The van der Waals surface area contributed by atoms with Crippen LogP contribution in [0.3, 0.4) is 0 Å². The van der Waals surface area contributed by atoms with E-state index in [1.165, 1.54) is 89.8 Å². The average molecular weight is 739 g/mol. The molecular formula is C38H71N6O6P. The third-order valence-corrected chi connectivity index (χ3v) is 11.0. The van der Waals surface area contributed by atoms with Crippen LogP contribution in [-0.2, 0) is 34.6 Å². The summed E-state index contributed by atoms with van der Waals surface area (Å²) in [5.41, 5.74) is 7.03. The number of unbranched alkanes of at least 4 members (excludes halogenated alkanes) is 13. The second-order valence-electron chi connectivity index (χ2n) is 14.2. The van der Waals surface area contributed by atoms with Gasteiger partial charge in [0.2, 0.25) is 0 Å². The molecule has 4 atom stereocenters. The van der Waals surface area contributed by atoms with Crippen molar-refractivity contribution in [3.8, 4) is 0 Å². The van der Waals surface area contributed by atoms with Crippen LogP contribution in [0.5, 0.6) is 0 Å². The molecule has 12 nitrogen and oxygen atoms in total. The van der Waals surface area contributed by atoms with Crippen LogP contribution >= 0.6 is 7.52 Å². The van der Waals surface area contributed by atoms with Gasteiger partial charge in [-0.05, 0) is 39.0 Å². The van der Waals surface area contributed by atoms with E-state index in [0.717, 1.165) is 25.7 Å². The minimum atomic E-state index is -3.58. The van der Waals surface area contributed by atoms with Crippen LogP contribution in [0.25, 0.3) is 11.2 Å². The van der Waals surface area contributed by atoms with Crippen molar-refractivity contribution in [2.75, 3.05) is 38.5 Å². The maximum absolute atomic E-state index is 14.0. The van der Waals surface area contributed by atoms with Gasteiger partial charge in [0.25, 0.3) is 7.52 Å². The van der Waals surface area contributed by atoms with Crippen LogP contribution in [-0.4, -0.2) is 70.4 Å². The molecular weight excluding hydrogens is 667 g/mol. The van der Waals surface area contributed by atoms with E-state index in [1.807, 2.05) is 11.5 Å². The van der Waals surface area contributed by atoms with E-state index < -0.39 is 19.5 Å². The quantitative estimate of drug-likeness (QED) is 0.0409. The fraction of sp³-hybridized carbons (Fsp3) is 0.842. The van der Waals surface area contributed by atoms with E-state index in [0.29, 0.717) is 55.7 Å². The molecule has 0 saturated heterocycles. The van der Waals surface area contributed by atoms with Crippen molar-refractivity contribution in [1.82, 2.24) is 24.6 Å². The number of ether oxygens (including phenoxy) is 3. The number of nitrogen functional groups attached to an aromatic ring is 1. The van der Waals surface area contributed by atoms with Gasteiger partial charge in [0.1, 0.15) is 24.2 Å². The van der Waals surface area contributed by atoms with Gasteiger partial charge >= 0.3 is 5.97 Å². The van der Waals surface area contributed by atoms with Crippen LogP contribution in [0.15, 0.2) is 12.7 Å². The molecule has 2 unspecified atom stereocenters. The van der Waals surface area contributed by atoms with Crippen LogP contribution in [0.2, 0.25) is 0 Å². The fourth-order valence-electron chi connectivity index (χ4n) is 6.04. The lowest BCUT2D eigenvalue weighted by atomic mass is 10.0. The topological polar surface area (TPSA) is 153 Å². The summed E-state index contributed by atoms with van der Waals surface area (Å²) >= 11 is 0. The summed E-state index contributed by atoms with van der Waals surface area (Å²) in [6.45, 7) is 12.2. The van der Waals surface area contributed by atoms with Gasteiger partial charge in [0, 0.05) is 13.2 Å². The first kappa shape index (κ1) is 45.0. The molecule has 0 aliphatic carbocycles. The number of rotatable bonds is 33. The van der Waals surface area contributed by atoms with E-state index in [4.69, 9.17) is 24.5 Å². The second-order valence-corrected chi connectivity index (χ2v) is 16.3. The number of nitrogens with zero attached hydrogens (tertiary/aromatic N) is 4. The number of nitrogens with two attached hydrogens (primary N) is 1. The zero-order chi connectivity index (χ0) is 37.2. The van der Waals surface area contributed by atoms with Gasteiger partial charge in [-0.1, -0.05) is 117 Å². The molecule has 0 spiro atoms. The Morgan fingerprint density at radius 2 is 1.43 bits per heavy atom. The number of carbonyl (C=O) groups is 1. The summed E-state index contributed by atoms with van der Waals surface area (Å²) in [4.78, 5) is 25.3. The Hall–Kier alpha value is -2.11. The highest BCUT2D eigenvalue weighted by molar-refractivity contribution is 7.56. The zero-order valence-electron chi connectivity index (χ0n) is 32.6. The van der Waals surface area contributed by atoms with Crippen molar-refractivity contribution in [3.63, 3.8) is 0 Å². The third kappa shape index (κ3) is 20.1. The monoisotopic (exact) mass is 739 g/mol. The number of anilines is 1. The highest BCUT2D eigenvalue weighted by atomic mass is 31.2. The Kier molecular flexibility index (Phi) is 24.3. The Morgan fingerprint density at radius 1 is 0.804 bits per heavy atom. The first-order valence-corrected chi connectivity index (χ1v) is 21.8. The summed E-state index contributed by atoms with van der Waals surface area (Å²) in [7, 11) is -3.58. The molecule has 0 aromatic carbocycles. The van der Waals surface area contributed by atoms with Gasteiger partial charge in [0.05, 0.1) is 32.2 Å². The van der Waals surface area contributed by atoms with Crippen LogP contribution < -0.4 is 10.8 Å². The molecule has 0 radical (unpaired) electrons. The van der Waals surface area contributed by atoms with Crippen molar-refractivity contribution >= 4 is 30.5 Å². The molecule has 294 valence electrons. The Labute approximate surface area is 308 Å². The highest BCUT2D eigenvalue weighted by Crippen LogP contribution is 2.43. The molecule has 13 heteroatoms. The number of imidazole rings is 1. The largest absolute Gasteiger partial charge is 0.465 e. The number of esters is 1. The number of hydrogen-bond acceptors (Lipinski definition) is 10. The van der Waals surface area contributed by atoms with Crippen molar-refractivity contribution in [3.05, 3.63) is 12.7 Å². The Morgan fingerprint density at radius 3 is 2.08 bits per heavy atom. The molecule has 2 rings (SSSR count). The minimum absolute atomic E-state index is 0.208. The average Bonchev–Trinajstić information content (AvgIpc) is 3.52. The highest BCUT2D eigenvalue weighted by Gasteiger charge is 2.30. The summed E-state index contributed by atoms with van der Waals surface area (Å²) < 4.78 is 39.0. The second kappa shape index (κ2) is 27.5. The van der Waals surface area contributed by atoms with Gasteiger partial charge < -0.3 is 29.0 Å². The molecule has 0 bridgehead atoms. The van der Waals surface area contributed by atoms with E-state index >= 15 is 0 Å². The predicted molar refractivity (Wildman–Crippen MR) is 207 cm³/mol.